The molecule has 188 valence electrons. The zero-order chi connectivity index (χ0) is 25.3. The van der Waals surface area contributed by atoms with E-state index >= 15 is 0 Å². The molecule has 0 bridgehead atoms. The fourth-order valence-electron chi connectivity index (χ4n) is 3.28. The third-order valence-electron chi connectivity index (χ3n) is 5.22. The van der Waals surface area contributed by atoms with E-state index in [-0.39, 0.29) is 24.0 Å². The van der Waals surface area contributed by atoms with Gasteiger partial charge in [0.2, 0.25) is 0 Å². The van der Waals surface area contributed by atoms with E-state index in [2.05, 4.69) is 13.8 Å². The highest BCUT2D eigenvalue weighted by Crippen LogP contribution is 2.40. The topological polar surface area (TPSA) is 54.0 Å². The number of ether oxygens (including phenoxy) is 4. The van der Waals surface area contributed by atoms with Gasteiger partial charge in [0.05, 0.1) is 35.2 Å². The summed E-state index contributed by atoms with van der Waals surface area (Å²) in [5, 5.41) is 0.741. The number of hydrogen-bond acceptors (Lipinski definition) is 5. The van der Waals surface area contributed by atoms with Crippen molar-refractivity contribution in [2.24, 2.45) is 0 Å². The van der Waals surface area contributed by atoms with Gasteiger partial charge in [0.1, 0.15) is 18.5 Å². The number of alkyl halides is 1. The normalized spacial score (nSPS) is 12.5. The Hall–Kier alpha value is -1.66. The lowest BCUT2D eigenvalue weighted by molar-refractivity contribution is -0.146. The first-order valence-corrected chi connectivity index (χ1v) is 12.5. The third kappa shape index (κ3) is 8.53. The Morgan fingerprint density at radius 2 is 1.59 bits per heavy atom. The van der Waals surface area contributed by atoms with Gasteiger partial charge in [-0.1, -0.05) is 49.2 Å². The molecule has 0 saturated carbocycles. The van der Waals surface area contributed by atoms with Crippen LogP contribution in [-0.2, 0) is 19.7 Å². The number of halogens is 3. The van der Waals surface area contributed by atoms with E-state index in [1.165, 1.54) is 6.92 Å². The second kappa shape index (κ2) is 13.4. The average Bonchev–Trinajstić information content (AvgIpc) is 2.77. The van der Waals surface area contributed by atoms with Crippen LogP contribution < -0.4 is 9.47 Å². The third-order valence-corrected chi connectivity index (χ3v) is 6.13. The molecule has 0 saturated heterocycles. The van der Waals surface area contributed by atoms with Crippen LogP contribution in [-0.4, -0.2) is 43.9 Å². The molecule has 2 aromatic rings. The summed E-state index contributed by atoms with van der Waals surface area (Å²) in [5.74, 6) is 0.812. The van der Waals surface area contributed by atoms with Gasteiger partial charge in [-0.15, -0.1) is 11.6 Å². The van der Waals surface area contributed by atoms with Gasteiger partial charge in [0.15, 0.2) is 5.75 Å². The van der Waals surface area contributed by atoms with Gasteiger partial charge in [-0.3, -0.25) is 4.79 Å². The number of rotatable bonds is 13. The Morgan fingerprint density at radius 3 is 2.12 bits per heavy atom. The predicted molar refractivity (Wildman–Crippen MR) is 138 cm³/mol. The summed E-state index contributed by atoms with van der Waals surface area (Å²) in [6.07, 6.45) is 0.474. The largest absolute Gasteiger partial charge is 0.494 e. The molecule has 1 unspecified atom stereocenters. The van der Waals surface area contributed by atoms with Crippen LogP contribution in [0.15, 0.2) is 36.4 Å². The van der Waals surface area contributed by atoms with Crippen molar-refractivity contribution in [3.05, 3.63) is 57.6 Å². The summed E-state index contributed by atoms with van der Waals surface area (Å²) in [6, 6.07) is 11.7. The number of hydrogen-bond donors (Lipinski definition) is 0. The summed E-state index contributed by atoms with van der Waals surface area (Å²) in [6.45, 7) is 10.9. The quantitative estimate of drug-likeness (QED) is 0.157. The predicted octanol–water partition coefficient (Wildman–Crippen LogP) is 7.06. The Balaban J connectivity index is 2.07. The Morgan fingerprint density at radius 1 is 0.971 bits per heavy atom. The second-order valence-electron chi connectivity index (χ2n) is 8.74. The van der Waals surface area contributed by atoms with Crippen molar-refractivity contribution in [3.63, 3.8) is 0 Å². The minimum absolute atomic E-state index is 0.0519. The molecule has 34 heavy (non-hydrogen) atoms. The van der Waals surface area contributed by atoms with E-state index in [1.807, 2.05) is 50.2 Å². The molecule has 2 aromatic carbocycles. The van der Waals surface area contributed by atoms with Crippen molar-refractivity contribution in [1.29, 1.82) is 0 Å². The molecule has 0 N–H and O–H groups in total. The van der Waals surface area contributed by atoms with Crippen LogP contribution in [0.2, 0.25) is 10.0 Å². The Bertz CT molecular complexity index is 906. The van der Waals surface area contributed by atoms with Gasteiger partial charge in [0.25, 0.3) is 0 Å². The Labute approximate surface area is 217 Å². The maximum atomic E-state index is 11.2. The van der Waals surface area contributed by atoms with Gasteiger partial charge in [-0.05, 0) is 49.2 Å². The molecule has 0 aromatic heterocycles. The molecule has 0 radical (unpaired) electrons. The molecule has 8 heteroatoms. The highest BCUT2D eigenvalue weighted by atomic mass is 35.5. The van der Waals surface area contributed by atoms with Gasteiger partial charge in [-0.2, -0.15) is 0 Å². The van der Waals surface area contributed by atoms with E-state index < -0.39 is 12.1 Å². The van der Waals surface area contributed by atoms with Crippen molar-refractivity contribution >= 4 is 40.8 Å². The Kier molecular flexibility index (Phi) is 11.3. The summed E-state index contributed by atoms with van der Waals surface area (Å²) < 4.78 is 22.2. The van der Waals surface area contributed by atoms with Gasteiger partial charge < -0.3 is 18.9 Å². The molecule has 0 amide bonds. The molecule has 0 spiro atoms. The minimum atomic E-state index is -0.592. The van der Waals surface area contributed by atoms with Gasteiger partial charge in [0, 0.05) is 18.8 Å². The highest BCUT2D eigenvalue weighted by molar-refractivity contribution is 6.37. The first-order chi connectivity index (χ1) is 16.0. The molecule has 1 atom stereocenters. The van der Waals surface area contributed by atoms with Crippen LogP contribution in [0.4, 0.5) is 0 Å². The smallest absolute Gasteiger partial charge is 0.303 e. The summed E-state index contributed by atoms with van der Waals surface area (Å²) in [5.41, 5.74) is 1.65. The fourth-order valence-corrected chi connectivity index (χ4v) is 4.03. The molecule has 0 aliphatic carbocycles. The van der Waals surface area contributed by atoms with E-state index in [4.69, 9.17) is 53.8 Å². The van der Waals surface area contributed by atoms with Crippen LogP contribution in [0.3, 0.4) is 0 Å². The first-order valence-electron chi connectivity index (χ1n) is 11.2. The van der Waals surface area contributed by atoms with Crippen molar-refractivity contribution in [2.45, 2.75) is 58.7 Å². The molecule has 5 nitrogen and oxygen atoms in total. The number of carbonyl (C=O) groups excluding carboxylic acids is 1. The van der Waals surface area contributed by atoms with E-state index in [1.54, 1.807) is 0 Å². The monoisotopic (exact) mass is 530 g/mol. The zero-order valence-corrected chi connectivity index (χ0v) is 22.6. The molecule has 2 rings (SSSR count). The molecule has 0 aliphatic rings. The van der Waals surface area contributed by atoms with Crippen LogP contribution in [0.25, 0.3) is 0 Å². The van der Waals surface area contributed by atoms with E-state index in [0.29, 0.717) is 29.0 Å². The standard InChI is InChI=1S/C26H33Cl3O5/c1-17(2)31-11-6-12-32-21-9-7-19(8-10-21)26(4,5)20-13-23(28)25(24(29)14-20)33-16-22(15-27)34-18(3)30/h7-10,13-14,17,22H,6,11-12,15-16H2,1-5H3. The highest BCUT2D eigenvalue weighted by Gasteiger charge is 2.26. The zero-order valence-electron chi connectivity index (χ0n) is 20.3. The molecule has 0 aliphatic heterocycles. The molecular formula is C26H33Cl3O5. The van der Waals surface area contributed by atoms with Gasteiger partial charge in [-0.25, -0.2) is 0 Å². The SMILES string of the molecule is CC(=O)OC(CCl)COc1c(Cl)cc(C(C)(C)c2ccc(OCCCOC(C)C)cc2)cc1Cl. The van der Waals surface area contributed by atoms with Crippen LogP contribution in [0.5, 0.6) is 11.5 Å². The van der Waals surface area contributed by atoms with Crippen molar-refractivity contribution < 1.29 is 23.7 Å². The lowest BCUT2D eigenvalue weighted by Crippen LogP contribution is -2.26. The molecule has 0 fully saturated rings. The molecule has 0 heterocycles. The van der Waals surface area contributed by atoms with Crippen molar-refractivity contribution in [2.75, 3.05) is 25.7 Å². The molecular weight excluding hydrogens is 499 g/mol. The number of benzene rings is 2. The number of esters is 1. The van der Waals surface area contributed by atoms with Crippen LogP contribution >= 0.6 is 34.8 Å². The lowest BCUT2D eigenvalue weighted by atomic mass is 9.78. The van der Waals surface area contributed by atoms with Crippen LogP contribution in [0.1, 0.15) is 52.2 Å². The summed E-state index contributed by atoms with van der Waals surface area (Å²) in [4.78, 5) is 11.2. The van der Waals surface area contributed by atoms with Crippen molar-refractivity contribution in [3.8, 4) is 11.5 Å². The summed E-state index contributed by atoms with van der Waals surface area (Å²) in [7, 11) is 0. The van der Waals surface area contributed by atoms with E-state index in [9.17, 15) is 4.79 Å². The van der Waals surface area contributed by atoms with Gasteiger partial charge >= 0.3 is 5.97 Å². The second-order valence-corrected chi connectivity index (χ2v) is 9.86. The first kappa shape index (κ1) is 28.6. The lowest BCUT2D eigenvalue weighted by Gasteiger charge is -2.27. The minimum Gasteiger partial charge on any atom is -0.494 e. The maximum absolute atomic E-state index is 11.2. The van der Waals surface area contributed by atoms with Crippen LogP contribution in [0, 0.1) is 0 Å². The summed E-state index contributed by atoms with van der Waals surface area (Å²) >= 11 is 18.9. The van der Waals surface area contributed by atoms with Crippen molar-refractivity contribution in [1.82, 2.24) is 0 Å². The average molecular weight is 532 g/mol. The fraction of sp³-hybridized carbons (Fsp3) is 0.500. The number of carbonyl (C=O) groups is 1. The van der Waals surface area contributed by atoms with E-state index in [0.717, 1.165) is 23.3 Å². The maximum Gasteiger partial charge on any atom is 0.303 e.